The van der Waals surface area contributed by atoms with Crippen LogP contribution in [0.4, 0.5) is 5.82 Å². The molecule has 0 spiro atoms. The lowest BCUT2D eigenvalue weighted by molar-refractivity contribution is -0.116. The molecule has 0 aliphatic heterocycles. The predicted molar refractivity (Wildman–Crippen MR) is 269 cm³/mol. The van der Waals surface area contributed by atoms with Crippen LogP contribution in [0.5, 0.6) is 0 Å². The smallest absolute Gasteiger partial charge is 0.270 e. The molecule has 1 aliphatic rings. The maximum Gasteiger partial charge on any atom is 0.270 e. The summed E-state index contributed by atoms with van der Waals surface area (Å²) in [7, 11) is 4.70. The minimum absolute atomic E-state index is 0.0575. The van der Waals surface area contributed by atoms with Gasteiger partial charge in [0.15, 0.2) is 11.6 Å². The van der Waals surface area contributed by atoms with Crippen LogP contribution in [-0.2, 0) is 4.79 Å². The largest absolute Gasteiger partial charge is 0.348 e. The summed E-state index contributed by atoms with van der Waals surface area (Å²) in [5.41, 5.74) is 4.77. The second kappa shape index (κ2) is 30.5. The van der Waals surface area contributed by atoms with E-state index in [0.29, 0.717) is 35.2 Å². The molecular weight excluding hydrogens is 788 g/mol. The van der Waals surface area contributed by atoms with Crippen LogP contribution in [0.1, 0.15) is 136 Å². The summed E-state index contributed by atoms with van der Waals surface area (Å²) in [5.74, 6) is 0.709. The topological polar surface area (TPSA) is 98.7 Å². The first-order valence-electron chi connectivity index (χ1n) is 22.5. The van der Waals surface area contributed by atoms with Crippen LogP contribution < -0.4 is 26.0 Å². The SMILES string of the molecule is C=CC(=C\C=C(/C)CN(CC)CCN(C)CC)/C(C)=C/C(=C\CC)N(C(C)=O)c1ncc(P)cc1C(C)=O.C=CC/C=c1/cnc(C(=O)NC2CCC(C)CC2)c/c1=C/C.CC. The molecular formula is C52H79N6O3P. The summed E-state index contributed by atoms with van der Waals surface area (Å²) >= 11 is 0. The molecule has 9 nitrogen and oxygen atoms in total. The molecule has 0 aromatic carbocycles. The van der Waals surface area contributed by atoms with Gasteiger partial charge in [-0.05, 0) is 137 Å². The third-order valence-electron chi connectivity index (χ3n) is 10.7. The maximum atomic E-state index is 12.8. The van der Waals surface area contributed by atoms with Crippen molar-refractivity contribution < 1.29 is 14.4 Å². The second-order valence-electron chi connectivity index (χ2n) is 15.7. The summed E-state index contributed by atoms with van der Waals surface area (Å²) < 4.78 is 0. The van der Waals surface area contributed by atoms with Crippen LogP contribution in [0.3, 0.4) is 0 Å². The molecule has 0 saturated heterocycles. The monoisotopic (exact) mass is 867 g/mol. The fourth-order valence-corrected chi connectivity index (χ4v) is 7.05. The first-order valence-corrected chi connectivity index (χ1v) is 23.1. The van der Waals surface area contributed by atoms with Crippen molar-refractivity contribution in [1.29, 1.82) is 0 Å². The van der Waals surface area contributed by atoms with Gasteiger partial charge in [0.2, 0.25) is 5.91 Å². The Kier molecular flexibility index (Phi) is 27.3. The van der Waals surface area contributed by atoms with Gasteiger partial charge in [0.25, 0.3) is 5.91 Å². The van der Waals surface area contributed by atoms with Gasteiger partial charge in [-0.15, -0.1) is 15.8 Å². The molecule has 1 aliphatic carbocycles. The number of allylic oxidation sites excluding steroid dienone is 8. The Labute approximate surface area is 377 Å². The van der Waals surface area contributed by atoms with Crippen molar-refractivity contribution in [3.05, 3.63) is 118 Å². The fourth-order valence-electron chi connectivity index (χ4n) is 6.81. The van der Waals surface area contributed by atoms with Gasteiger partial charge in [-0.2, -0.15) is 0 Å². The molecule has 0 bridgehead atoms. The number of anilines is 1. The van der Waals surface area contributed by atoms with Crippen molar-refractivity contribution in [3.63, 3.8) is 0 Å². The number of ketones is 1. The molecule has 1 atom stereocenters. The lowest BCUT2D eigenvalue weighted by Crippen LogP contribution is -2.39. The number of nitrogens with one attached hydrogen (secondary N) is 1. The van der Waals surface area contributed by atoms with Crippen LogP contribution in [0.2, 0.25) is 0 Å². The van der Waals surface area contributed by atoms with E-state index < -0.39 is 0 Å². The van der Waals surface area contributed by atoms with Crippen molar-refractivity contribution in [1.82, 2.24) is 25.1 Å². The number of likely N-dealkylation sites (N-methyl/N-ethyl adjacent to an activating group) is 2. The van der Waals surface area contributed by atoms with Gasteiger partial charge >= 0.3 is 0 Å². The molecule has 340 valence electrons. The number of nitrogens with zero attached hydrogens (tertiary/aromatic N) is 5. The molecule has 62 heavy (non-hydrogen) atoms. The number of aromatic nitrogens is 2. The molecule has 1 unspecified atom stereocenters. The van der Waals surface area contributed by atoms with Crippen molar-refractivity contribution in [2.75, 3.05) is 44.7 Å². The molecule has 3 rings (SSSR count). The highest BCUT2D eigenvalue weighted by molar-refractivity contribution is 7.27. The Morgan fingerprint density at radius 1 is 0.919 bits per heavy atom. The number of hydrogen-bond donors (Lipinski definition) is 1. The average Bonchev–Trinajstić information content (AvgIpc) is 3.26. The summed E-state index contributed by atoms with van der Waals surface area (Å²) in [6, 6.07) is 3.91. The Balaban J connectivity index is 0.000000674. The van der Waals surface area contributed by atoms with Gasteiger partial charge in [-0.25, -0.2) is 4.98 Å². The van der Waals surface area contributed by atoms with E-state index in [-0.39, 0.29) is 17.6 Å². The van der Waals surface area contributed by atoms with Gasteiger partial charge < -0.3 is 10.2 Å². The summed E-state index contributed by atoms with van der Waals surface area (Å²) in [4.78, 5) is 52.7. The van der Waals surface area contributed by atoms with Crippen molar-refractivity contribution >= 4 is 50.1 Å². The van der Waals surface area contributed by atoms with Crippen molar-refractivity contribution in [2.24, 2.45) is 5.92 Å². The Bertz CT molecular complexity index is 2020. The molecule has 10 heteroatoms. The van der Waals surface area contributed by atoms with E-state index in [0.717, 1.165) is 84.8 Å². The first kappa shape index (κ1) is 55.5. The van der Waals surface area contributed by atoms with Gasteiger partial charge in [0, 0.05) is 50.7 Å². The van der Waals surface area contributed by atoms with E-state index in [1.165, 1.54) is 37.2 Å². The summed E-state index contributed by atoms with van der Waals surface area (Å²) in [6.07, 6.45) is 25.4. The van der Waals surface area contributed by atoms with E-state index in [4.69, 9.17) is 0 Å². The lowest BCUT2D eigenvalue weighted by Gasteiger charge is -2.26. The number of rotatable bonds is 19. The van der Waals surface area contributed by atoms with Crippen molar-refractivity contribution in [3.8, 4) is 0 Å². The zero-order valence-corrected chi connectivity index (χ0v) is 41.5. The minimum Gasteiger partial charge on any atom is -0.348 e. The van der Waals surface area contributed by atoms with Gasteiger partial charge in [-0.3, -0.25) is 29.2 Å². The van der Waals surface area contributed by atoms with Gasteiger partial charge in [-0.1, -0.05) is 96.2 Å². The summed E-state index contributed by atoms with van der Waals surface area (Å²) in [6.45, 7) is 34.5. The molecule has 1 saturated carbocycles. The highest BCUT2D eigenvalue weighted by Gasteiger charge is 2.23. The third kappa shape index (κ3) is 19.2. The van der Waals surface area contributed by atoms with E-state index in [1.807, 2.05) is 71.1 Å². The van der Waals surface area contributed by atoms with Crippen LogP contribution in [-0.4, -0.2) is 83.2 Å². The molecule has 2 heterocycles. The predicted octanol–water partition coefficient (Wildman–Crippen LogP) is 9.28. The van der Waals surface area contributed by atoms with Crippen LogP contribution in [0, 0.1) is 5.92 Å². The quantitative estimate of drug-likeness (QED) is 0.0651. The number of carbonyl (C=O) groups is 3. The first-order chi connectivity index (χ1) is 29.6. The van der Waals surface area contributed by atoms with Gasteiger partial charge in [0.05, 0.1) is 5.56 Å². The Morgan fingerprint density at radius 2 is 1.60 bits per heavy atom. The van der Waals surface area contributed by atoms with Crippen LogP contribution >= 0.6 is 9.24 Å². The molecule has 2 aromatic heterocycles. The normalized spacial score (nSPS) is 16.6. The molecule has 2 aromatic rings. The highest BCUT2D eigenvalue weighted by Crippen LogP contribution is 2.26. The summed E-state index contributed by atoms with van der Waals surface area (Å²) in [5, 5.41) is 6.00. The average molecular weight is 867 g/mol. The van der Waals surface area contributed by atoms with E-state index in [1.54, 1.807) is 18.5 Å². The Hall–Kier alpha value is -4.56. The van der Waals surface area contributed by atoms with E-state index >= 15 is 0 Å². The van der Waals surface area contributed by atoms with E-state index in [2.05, 4.69) is 100 Å². The molecule has 1 N–H and O–H groups in total. The van der Waals surface area contributed by atoms with Gasteiger partial charge in [0.1, 0.15) is 5.69 Å². The number of amides is 2. The molecule has 0 radical (unpaired) electrons. The number of carbonyl (C=O) groups excluding carboxylic acids is 3. The van der Waals surface area contributed by atoms with Crippen molar-refractivity contribution in [2.45, 2.75) is 121 Å². The third-order valence-corrected chi connectivity index (χ3v) is 11.0. The number of pyridine rings is 2. The fraction of sp³-hybridized carbons (Fsp3) is 0.481. The van der Waals surface area contributed by atoms with Crippen LogP contribution in [0.25, 0.3) is 12.2 Å². The minimum atomic E-state index is -0.214. The lowest BCUT2D eigenvalue weighted by atomic mass is 9.87. The molecule has 1 fully saturated rings. The van der Waals surface area contributed by atoms with E-state index in [9.17, 15) is 14.4 Å². The second-order valence-corrected chi connectivity index (χ2v) is 16.3. The Morgan fingerprint density at radius 3 is 2.15 bits per heavy atom. The standard InChI is InChI=1S/C31H47N4O2P.C19H26N2O.C2H6/c1-10-14-28(35(26(8)37)31-30(25(7)36)20-29(38)21-32-31)19-24(6)27(11-2)16-15-23(5)22-34(13-4)18-17-33(9)12-3;1-4-6-7-16-13-20-18(12-15(16)5-2)19(22)21-17-10-8-14(3)9-11-17;1-2/h11,14-16,19-21H,2,10,12-13,17-18,22,38H2,1,3-9H3;4-5,7,12-14,17H,1,6,8-11H2,2-3H3,(H,21,22);1-2H3/b23-15+,24-19+,27-16+,28-14+;15-5-,16-7-;. The zero-order valence-electron chi connectivity index (χ0n) is 40.3. The zero-order chi connectivity index (χ0) is 46.8. The molecule has 2 amide bonds. The highest BCUT2D eigenvalue weighted by atomic mass is 31.0. The maximum absolute atomic E-state index is 12.8. The van der Waals surface area contributed by atoms with Crippen LogP contribution in [0.15, 0.2) is 96.6 Å². The number of hydrogen-bond acceptors (Lipinski definition) is 7. The number of Topliss-reactive ketones (excluding diaryl/α,β-unsaturated/α-hetero) is 1.